The molecule has 9 nitrogen and oxygen atoms in total. The third-order valence-corrected chi connectivity index (χ3v) is 8.14. The smallest absolute Gasteiger partial charge is 0.378 e. The highest BCUT2D eigenvalue weighted by atomic mass is 35.5. The van der Waals surface area contributed by atoms with Crippen LogP contribution < -0.4 is 22.1 Å². The van der Waals surface area contributed by atoms with E-state index in [1.165, 1.54) is 16.7 Å². The van der Waals surface area contributed by atoms with Crippen molar-refractivity contribution in [3.05, 3.63) is 81.1 Å². The van der Waals surface area contributed by atoms with Gasteiger partial charge in [0.05, 0.1) is 35.7 Å². The van der Waals surface area contributed by atoms with Crippen molar-refractivity contribution in [2.45, 2.75) is 50.0 Å². The van der Waals surface area contributed by atoms with E-state index in [0.29, 0.717) is 48.5 Å². The standard InChI is InChI=1S/C31H33ClF5N7O2/c32-23-11-17(2-1-3-26(38)31(35,36)37)10-22(28(23)34)24-12-19-14-44(30(45)43-29(19)42-24)21-6-4-18(5-7-21)25-16-46-15-20(41-25)8-9-40-27(39)13-33/h4-7,10-12,14,20,25-26,41H,1-3,8-9,13,15-16,38H2,(H2,39,40)(H,42,43,45)/t20-,25+,26-/m1/s1. The number of ether oxygens (including phenoxy) is 1. The van der Waals surface area contributed by atoms with Gasteiger partial charge in [-0.1, -0.05) is 23.7 Å². The quantitative estimate of drug-likeness (QED) is 0.0835. The Balaban J connectivity index is 1.31. The fourth-order valence-corrected chi connectivity index (χ4v) is 5.62. The summed E-state index contributed by atoms with van der Waals surface area (Å²) >= 11 is 6.13. The zero-order valence-corrected chi connectivity index (χ0v) is 25.3. The molecular weight excluding hydrogens is 633 g/mol. The van der Waals surface area contributed by atoms with E-state index in [0.717, 1.165) is 5.56 Å². The number of nitrogens with zero attached hydrogens (tertiary/aromatic N) is 2. The van der Waals surface area contributed by atoms with Gasteiger partial charge in [0.25, 0.3) is 0 Å². The molecule has 3 heterocycles. The summed E-state index contributed by atoms with van der Waals surface area (Å²) in [5, 5.41) is 13.9. The molecule has 1 aliphatic heterocycles. The van der Waals surface area contributed by atoms with Crippen molar-refractivity contribution in [1.82, 2.24) is 25.2 Å². The second kappa shape index (κ2) is 14.3. The lowest BCUT2D eigenvalue weighted by Crippen LogP contribution is -2.45. The topological polar surface area (TPSA) is 134 Å². The number of nitrogens with one attached hydrogen (secondary N) is 4. The Morgan fingerprint density at radius 3 is 2.70 bits per heavy atom. The van der Waals surface area contributed by atoms with E-state index in [-0.39, 0.29) is 53.4 Å². The van der Waals surface area contributed by atoms with Crippen LogP contribution in [-0.4, -0.2) is 65.1 Å². The highest BCUT2D eigenvalue weighted by molar-refractivity contribution is 6.31. The first-order chi connectivity index (χ1) is 21.9. The first kappa shape index (κ1) is 33.5. The fourth-order valence-electron chi connectivity index (χ4n) is 5.38. The molecule has 15 heteroatoms. The number of aromatic amines is 1. The highest BCUT2D eigenvalue weighted by Gasteiger charge is 2.35. The fraction of sp³-hybridized carbons (Fsp3) is 0.387. The molecule has 0 unspecified atom stereocenters. The van der Waals surface area contributed by atoms with Gasteiger partial charge >= 0.3 is 11.9 Å². The maximum atomic E-state index is 15.1. The zero-order valence-electron chi connectivity index (χ0n) is 24.6. The number of H-pyrrole nitrogens is 1. The van der Waals surface area contributed by atoms with Gasteiger partial charge < -0.3 is 26.1 Å². The summed E-state index contributed by atoms with van der Waals surface area (Å²) in [6.45, 7) is 0.555. The predicted molar refractivity (Wildman–Crippen MR) is 166 cm³/mol. The van der Waals surface area contributed by atoms with Crippen molar-refractivity contribution < 1.29 is 26.7 Å². The Morgan fingerprint density at radius 1 is 1.22 bits per heavy atom. The summed E-state index contributed by atoms with van der Waals surface area (Å²) < 4.78 is 73.0. The van der Waals surface area contributed by atoms with Crippen LogP contribution in [0.25, 0.3) is 28.0 Å². The summed E-state index contributed by atoms with van der Waals surface area (Å²) in [5.41, 5.74) is 7.31. The number of amidine groups is 1. The molecule has 0 amide bonds. The largest absolute Gasteiger partial charge is 0.403 e. The molecule has 1 aliphatic rings. The number of hydrogen-bond acceptors (Lipinski definition) is 6. The van der Waals surface area contributed by atoms with E-state index in [1.807, 2.05) is 12.1 Å². The third-order valence-electron chi connectivity index (χ3n) is 7.87. The van der Waals surface area contributed by atoms with Gasteiger partial charge in [0, 0.05) is 29.7 Å². The van der Waals surface area contributed by atoms with Crippen molar-refractivity contribution >= 4 is 28.5 Å². The van der Waals surface area contributed by atoms with Crippen LogP contribution in [0.2, 0.25) is 5.02 Å². The number of halogens is 6. The Morgan fingerprint density at radius 2 is 1.98 bits per heavy atom. The van der Waals surface area contributed by atoms with Crippen molar-refractivity contribution in [2.75, 3.05) is 26.4 Å². The molecule has 5 rings (SSSR count). The Hall–Kier alpha value is -3.85. The van der Waals surface area contributed by atoms with Crippen LogP contribution in [0.15, 0.2) is 53.5 Å². The van der Waals surface area contributed by atoms with Crippen LogP contribution in [0.4, 0.5) is 22.0 Å². The molecule has 0 aliphatic carbocycles. The molecule has 4 aromatic rings. The summed E-state index contributed by atoms with van der Waals surface area (Å²) in [5.74, 6) is -0.872. The number of alkyl halides is 4. The number of aromatic nitrogens is 3. The minimum absolute atomic E-state index is 0.0171. The van der Waals surface area contributed by atoms with Gasteiger partial charge in [-0.05, 0) is 67.1 Å². The van der Waals surface area contributed by atoms with Crippen LogP contribution >= 0.6 is 11.6 Å². The molecule has 1 saturated heterocycles. The summed E-state index contributed by atoms with van der Waals surface area (Å²) in [6.07, 6.45) is -2.20. The molecule has 6 N–H and O–H groups in total. The molecule has 0 saturated carbocycles. The Kier molecular flexibility index (Phi) is 10.4. The average Bonchev–Trinajstić information content (AvgIpc) is 3.44. The van der Waals surface area contributed by atoms with Crippen molar-refractivity contribution in [2.24, 2.45) is 5.73 Å². The minimum Gasteiger partial charge on any atom is -0.378 e. The highest BCUT2D eigenvalue weighted by Crippen LogP contribution is 2.32. The van der Waals surface area contributed by atoms with E-state index in [2.05, 4.69) is 20.6 Å². The summed E-state index contributed by atoms with van der Waals surface area (Å²) in [7, 11) is 0. The van der Waals surface area contributed by atoms with Gasteiger partial charge in [0.15, 0.2) is 5.82 Å². The summed E-state index contributed by atoms with van der Waals surface area (Å²) in [6, 6.07) is 9.79. The van der Waals surface area contributed by atoms with Gasteiger partial charge in [-0.2, -0.15) is 18.2 Å². The van der Waals surface area contributed by atoms with Crippen LogP contribution in [0.1, 0.15) is 36.4 Å². The average molecular weight is 666 g/mol. The second-order valence-corrected chi connectivity index (χ2v) is 11.6. The number of hydrogen-bond donors (Lipinski definition) is 5. The lowest BCUT2D eigenvalue weighted by atomic mass is 10.0. The number of benzene rings is 2. The van der Waals surface area contributed by atoms with Gasteiger partial charge in [0.1, 0.15) is 24.2 Å². The molecule has 3 atom stereocenters. The number of fused-ring (bicyclic) bond motifs is 1. The van der Waals surface area contributed by atoms with Crippen molar-refractivity contribution in [1.29, 1.82) is 5.41 Å². The van der Waals surface area contributed by atoms with E-state index in [4.69, 9.17) is 27.5 Å². The monoisotopic (exact) mass is 665 g/mol. The van der Waals surface area contributed by atoms with Crippen LogP contribution in [0.5, 0.6) is 0 Å². The van der Waals surface area contributed by atoms with E-state index < -0.39 is 30.4 Å². The molecule has 0 bridgehead atoms. The van der Waals surface area contributed by atoms with Gasteiger partial charge in [-0.15, -0.1) is 0 Å². The number of morpholine rings is 1. The summed E-state index contributed by atoms with van der Waals surface area (Å²) in [4.78, 5) is 20.1. The van der Waals surface area contributed by atoms with Crippen molar-refractivity contribution in [3.63, 3.8) is 0 Å². The molecular formula is C31H33ClF5N7O2. The Bertz CT molecular complexity index is 1740. The molecule has 246 valence electrons. The van der Waals surface area contributed by atoms with E-state index in [9.17, 15) is 22.4 Å². The Labute approximate surface area is 265 Å². The normalized spacial score (nSPS) is 17.7. The molecule has 1 fully saturated rings. The number of rotatable bonds is 11. The second-order valence-electron chi connectivity index (χ2n) is 11.2. The molecule has 0 spiro atoms. The minimum atomic E-state index is -4.49. The molecule has 46 heavy (non-hydrogen) atoms. The molecule has 2 aromatic heterocycles. The first-order valence-electron chi connectivity index (χ1n) is 14.7. The van der Waals surface area contributed by atoms with Crippen LogP contribution in [0, 0.1) is 11.2 Å². The number of aryl methyl sites for hydroxylation is 1. The maximum absolute atomic E-state index is 15.1. The maximum Gasteiger partial charge on any atom is 0.403 e. The molecule has 2 aromatic carbocycles. The third kappa shape index (κ3) is 7.92. The first-order valence-corrected chi connectivity index (χ1v) is 15.0. The molecule has 0 radical (unpaired) electrons. The lowest BCUT2D eigenvalue weighted by molar-refractivity contribution is -0.149. The van der Waals surface area contributed by atoms with E-state index >= 15 is 4.39 Å². The van der Waals surface area contributed by atoms with Gasteiger partial charge in [-0.3, -0.25) is 9.98 Å². The predicted octanol–water partition coefficient (Wildman–Crippen LogP) is 5.34. The van der Waals surface area contributed by atoms with Crippen molar-refractivity contribution in [3.8, 4) is 16.9 Å². The SMILES string of the molecule is N=C(CF)NCC[C@@H]1COC[C@@H](c2ccc(-n3cc4cc(-c5cc(CCC[C@@H](N)C(F)(F)F)cc(Cl)c5F)[nH]c4nc3=O)cc2)N1. The number of nitrogens with two attached hydrogens (primary N) is 1. The van der Waals surface area contributed by atoms with Gasteiger partial charge in [-0.25, -0.2) is 13.6 Å². The van der Waals surface area contributed by atoms with E-state index in [1.54, 1.807) is 24.4 Å². The van der Waals surface area contributed by atoms with Crippen LogP contribution in [-0.2, 0) is 11.2 Å². The van der Waals surface area contributed by atoms with Crippen LogP contribution in [0.3, 0.4) is 0 Å². The lowest BCUT2D eigenvalue weighted by Gasteiger charge is -2.31. The zero-order chi connectivity index (χ0) is 33.0. The van der Waals surface area contributed by atoms with Gasteiger partial charge in [0.2, 0.25) is 0 Å².